The van der Waals surface area contributed by atoms with E-state index in [0.717, 1.165) is 46.7 Å². The van der Waals surface area contributed by atoms with Crippen LogP contribution in [-0.4, -0.2) is 25.6 Å². The molecule has 0 aliphatic carbocycles. The van der Waals surface area contributed by atoms with Gasteiger partial charge in [0.25, 0.3) is 0 Å². The van der Waals surface area contributed by atoms with E-state index < -0.39 is 8.07 Å². The van der Waals surface area contributed by atoms with Gasteiger partial charge in [0.1, 0.15) is 30.1 Å². The minimum absolute atomic E-state index is 0.703. The number of unbranched alkanes of at least 4 members (excludes halogenated alkanes) is 4. The Hall–Kier alpha value is -2.30. The molecular weight excluding hydrogens is 837 g/mol. The normalized spacial score (nSPS) is 17.0. The summed E-state index contributed by atoms with van der Waals surface area (Å²) in [6, 6.07) is 17.8. The lowest BCUT2D eigenvalue weighted by molar-refractivity contribution is 0.450. The molecule has 2 aromatic carbocycles. The maximum atomic E-state index is 5.06. The molecule has 1 aliphatic rings. The van der Waals surface area contributed by atoms with Gasteiger partial charge in [-0.1, -0.05) is 182 Å². The average molecular weight is 912 g/mol. The molecule has 4 aromatic heterocycles. The molecule has 5 heterocycles. The zero-order valence-electron chi connectivity index (χ0n) is 38.8. The number of thiophene rings is 2. The summed E-state index contributed by atoms with van der Waals surface area (Å²) >= 11 is 6.94. The van der Waals surface area contributed by atoms with E-state index in [2.05, 4.69) is 114 Å². The molecule has 4 atom stereocenters. The van der Waals surface area contributed by atoms with Gasteiger partial charge in [0.05, 0.1) is 23.5 Å². The molecule has 0 saturated carbocycles. The Morgan fingerprint density at radius 1 is 0.459 bits per heavy atom. The number of benzene rings is 2. The molecule has 0 fully saturated rings. The van der Waals surface area contributed by atoms with Crippen LogP contribution in [0.4, 0.5) is 0 Å². The largest absolute Gasteiger partial charge is 0.173 e. The van der Waals surface area contributed by atoms with Gasteiger partial charge in [0.2, 0.25) is 0 Å². The van der Waals surface area contributed by atoms with Crippen LogP contribution < -0.4 is 10.4 Å². The smallest absolute Gasteiger partial charge is 0.122 e. The molecule has 7 rings (SSSR count). The summed E-state index contributed by atoms with van der Waals surface area (Å²) in [4.78, 5) is 5.94. The molecule has 1 aliphatic heterocycles. The van der Waals surface area contributed by atoms with E-state index in [1.54, 1.807) is 20.1 Å². The van der Waals surface area contributed by atoms with Crippen molar-refractivity contribution in [1.29, 1.82) is 0 Å². The Balaban J connectivity index is 1.37. The van der Waals surface area contributed by atoms with Crippen molar-refractivity contribution in [3.63, 3.8) is 0 Å². The third-order valence-electron chi connectivity index (χ3n) is 14.7. The van der Waals surface area contributed by atoms with E-state index in [4.69, 9.17) is 17.5 Å². The van der Waals surface area contributed by atoms with Crippen LogP contribution >= 0.6 is 46.1 Å². The zero-order valence-corrected chi connectivity index (χ0v) is 43.1. The van der Waals surface area contributed by atoms with Crippen LogP contribution in [0.15, 0.2) is 36.4 Å². The lowest BCUT2D eigenvalue weighted by atomic mass is 9.91. The Bertz CT molecular complexity index is 2140. The number of hydrogen-bond donors (Lipinski definition) is 0. The molecule has 0 spiro atoms. The fourth-order valence-electron chi connectivity index (χ4n) is 10.7. The molecule has 4 nitrogen and oxygen atoms in total. The minimum atomic E-state index is -2.22. The molecule has 0 bridgehead atoms. The molecule has 0 radical (unpaired) electrons. The predicted octanol–water partition coefficient (Wildman–Crippen LogP) is 16.6. The maximum Gasteiger partial charge on any atom is 0.122 e. The first-order chi connectivity index (χ1) is 29.9. The summed E-state index contributed by atoms with van der Waals surface area (Å²) in [6.45, 7) is 19.0. The van der Waals surface area contributed by atoms with Crippen molar-refractivity contribution in [3.8, 4) is 30.6 Å². The van der Waals surface area contributed by atoms with Crippen molar-refractivity contribution >= 4 is 86.6 Å². The van der Waals surface area contributed by atoms with Gasteiger partial charge in [-0.3, -0.25) is 0 Å². The molecule has 330 valence electrons. The average Bonchev–Trinajstić information content (AvgIpc) is 4.14. The number of aromatic nitrogens is 4. The SMILES string of the molecule is CCCCC(CC)Cc1ccc(-c2cc3c(s2)-c2sc(-c4ccc(CC(CC)CCCC)c5nsnc45)cc2[Si]3(CC(CC)CCCC)CC(CC)CCCC)c2nsnc12. The summed E-state index contributed by atoms with van der Waals surface area (Å²) in [5, 5.41) is 3.48. The van der Waals surface area contributed by atoms with Gasteiger partial charge in [-0.2, -0.15) is 17.5 Å². The highest BCUT2D eigenvalue weighted by atomic mass is 32.1. The van der Waals surface area contributed by atoms with Crippen LogP contribution in [0.3, 0.4) is 0 Å². The summed E-state index contributed by atoms with van der Waals surface area (Å²) in [5.41, 5.74) is 9.88. The van der Waals surface area contributed by atoms with Crippen molar-refractivity contribution in [3.05, 3.63) is 47.5 Å². The summed E-state index contributed by atoms with van der Waals surface area (Å²) in [5.74, 6) is 2.91. The van der Waals surface area contributed by atoms with Gasteiger partial charge < -0.3 is 0 Å². The third kappa shape index (κ3) is 10.0. The van der Waals surface area contributed by atoms with E-state index in [9.17, 15) is 0 Å². The highest BCUT2D eigenvalue weighted by Gasteiger charge is 2.50. The van der Waals surface area contributed by atoms with Crippen LogP contribution in [0, 0.1) is 23.7 Å². The number of fused-ring (bicyclic) bond motifs is 5. The molecule has 6 aromatic rings. The topological polar surface area (TPSA) is 51.6 Å². The lowest BCUT2D eigenvalue weighted by Crippen LogP contribution is -2.56. The Labute approximate surface area is 386 Å². The van der Waals surface area contributed by atoms with E-state index in [1.165, 1.54) is 170 Å². The molecule has 4 unspecified atom stereocenters. The first-order valence-electron chi connectivity index (χ1n) is 24.6. The van der Waals surface area contributed by atoms with Crippen LogP contribution in [0.25, 0.3) is 52.7 Å². The minimum Gasteiger partial charge on any atom is -0.173 e. The fraction of sp³-hybridized carbons (Fsp3) is 0.615. The van der Waals surface area contributed by atoms with Crippen LogP contribution in [-0.2, 0) is 12.8 Å². The van der Waals surface area contributed by atoms with Gasteiger partial charge >= 0.3 is 0 Å². The van der Waals surface area contributed by atoms with Gasteiger partial charge in [0, 0.05) is 30.6 Å². The van der Waals surface area contributed by atoms with Gasteiger partial charge in [-0.25, -0.2) is 0 Å². The Morgan fingerprint density at radius 2 is 0.820 bits per heavy atom. The second kappa shape index (κ2) is 22.1. The van der Waals surface area contributed by atoms with Crippen LogP contribution in [0.5, 0.6) is 0 Å². The molecule has 9 heteroatoms. The number of hydrogen-bond acceptors (Lipinski definition) is 8. The molecule has 0 N–H and O–H groups in total. The highest BCUT2D eigenvalue weighted by Crippen LogP contribution is 2.50. The quantitative estimate of drug-likeness (QED) is 0.0509. The lowest BCUT2D eigenvalue weighted by Gasteiger charge is -2.35. The molecule has 61 heavy (non-hydrogen) atoms. The summed E-state index contributed by atoms with van der Waals surface area (Å²) in [6.07, 6.45) is 22.8. The number of nitrogens with zero attached hydrogens (tertiary/aromatic N) is 4. The van der Waals surface area contributed by atoms with E-state index in [1.807, 2.05) is 0 Å². The summed E-state index contributed by atoms with van der Waals surface area (Å²) < 4.78 is 20.1. The van der Waals surface area contributed by atoms with Crippen molar-refractivity contribution in [2.24, 2.45) is 23.7 Å². The maximum absolute atomic E-state index is 5.06. The molecule has 0 amide bonds. The second-order valence-electron chi connectivity index (χ2n) is 18.7. The number of rotatable bonds is 26. The predicted molar refractivity (Wildman–Crippen MR) is 276 cm³/mol. The van der Waals surface area contributed by atoms with E-state index >= 15 is 0 Å². The monoisotopic (exact) mass is 910 g/mol. The van der Waals surface area contributed by atoms with Gasteiger partial charge in [0.15, 0.2) is 0 Å². The summed E-state index contributed by atoms with van der Waals surface area (Å²) in [7, 11) is -2.22. The highest BCUT2D eigenvalue weighted by molar-refractivity contribution is 7.31. The van der Waals surface area contributed by atoms with E-state index in [-0.39, 0.29) is 0 Å². The van der Waals surface area contributed by atoms with Crippen molar-refractivity contribution in [2.75, 3.05) is 0 Å². The first-order valence-corrected chi connectivity index (χ1v) is 30.1. The van der Waals surface area contributed by atoms with Crippen molar-refractivity contribution < 1.29 is 0 Å². The fourth-order valence-corrected chi connectivity index (χ4v) is 22.4. The van der Waals surface area contributed by atoms with Crippen molar-refractivity contribution in [2.45, 2.75) is 183 Å². The zero-order chi connectivity index (χ0) is 42.9. The Morgan fingerprint density at radius 3 is 1.18 bits per heavy atom. The Kier molecular flexibility index (Phi) is 16.9. The van der Waals surface area contributed by atoms with E-state index in [0.29, 0.717) is 11.8 Å². The van der Waals surface area contributed by atoms with Crippen LogP contribution in [0.1, 0.15) is 169 Å². The standard InChI is InChI=1S/C52H74N4S4Si/c1-9-17-21-35(13-5)29-39-25-27-41(49-47(39)53-59-55-49)43-31-45-51(57-43)52-46(61(45,33-37(15-7)23-19-11-3)34-38(16-8)24-20-12-4)32-44(58-52)42-28-26-40(48-50(42)56-60-54-48)30-36(14-6)22-18-10-2/h25-28,31-32,35-38H,9-24,29-30,33-34H2,1-8H3. The van der Waals surface area contributed by atoms with Crippen molar-refractivity contribution in [1.82, 2.24) is 17.5 Å². The van der Waals surface area contributed by atoms with Gasteiger partial charge in [-0.15, -0.1) is 22.7 Å². The first kappa shape index (κ1) is 46.7. The van der Waals surface area contributed by atoms with Gasteiger partial charge in [-0.05, 0) is 82.2 Å². The molecular formula is C52H74N4S4Si. The second-order valence-corrected chi connectivity index (χ2v) is 26.0. The third-order valence-corrected chi connectivity index (χ3v) is 24.0. The molecule has 0 saturated heterocycles. The van der Waals surface area contributed by atoms with Crippen LogP contribution in [0.2, 0.25) is 12.1 Å².